The van der Waals surface area contributed by atoms with E-state index in [1.165, 1.54) is 17.8 Å². The fraction of sp³-hybridized carbons (Fsp3) is 0.120. The lowest BCUT2D eigenvalue weighted by Gasteiger charge is -2.08. The van der Waals surface area contributed by atoms with Gasteiger partial charge in [-0.1, -0.05) is 78.0 Å². The van der Waals surface area contributed by atoms with Gasteiger partial charge in [0.1, 0.15) is 0 Å². The first-order valence-electron chi connectivity index (χ1n) is 10.5. The molecule has 0 saturated heterocycles. The molecule has 2 N–H and O–H groups in total. The molecule has 0 saturated carbocycles. The predicted molar refractivity (Wildman–Crippen MR) is 137 cm³/mol. The van der Waals surface area contributed by atoms with Crippen LogP contribution < -0.4 is 10.6 Å². The first-order valence-corrected chi connectivity index (χ1v) is 11.9. The van der Waals surface area contributed by atoms with E-state index in [1.807, 2.05) is 60.7 Å². The molecule has 3 aromatic carbocycles. The maximum Gasteiger partial charge on any atom is 0.244 e. The number of aromatic nitrogens is 3. The number of hydrogen-bond acceptors (Lipinski definition) is 5. The summed E-state index contributed by atoms with van der Waals surface area (Å²) in [5.74, 6) is 0.356. The van der Waals surface area contributed by atoms with Gasteiger partial charge >= 0.3 is 0 Å². The van der Waals surface area contributed by atoms with Crippen molar-refractivity contribution in [2.45, 2.75) is 11.7 Å². The number of benzene rings is 3. The number of thioether (sulfide) groups is 1. The van der Waals surface area contributed by atoms with E-state index in [9.17, 15) is 9.59 Å². The second-order valence-electron chi connectivity index (χ2n) is 7.39. The van der Waals surface area contributed by atoms with Crippen molar-refractivity contribution < 1.29 is 9.59 Å². The van der Waals surface area contributed by atoms with Crippen LogP contribution in [0.1, 0.15) is 11.4 Å². The Morgan fingerprint density at radius 1 is 1.03 bits per heavy atom. The molecule has 7 nitrogen and oxygen atoms in total. The van der Waals surface area contributed by atoms with Gasteiger partial charge in [0.25, 0.3) is 0 Å². The lowest BCUT2D eigenvalue weighted by atomic mass is 10.1. The molecule has 4 rings (SSSR count). The van der Waals surface area contributed by atoms with Gasteiger partial charge in [0.2, 0.25) is 11.8 Å². The van der Waals surface area contributed by atoms with Crippen molar-refractivity contribution in [3.8, 4) is 0 Å². The van der Waals surface area contributed by atoms with Crippen LogP contribution in [0.2, 0.25) is 5.02 Å². The molecule has 4 aromatic rings. The standard InChI is InChI=1S/C25H22ClN5O2S/c1-31-22(15-27-23(32)14-13-18-8-3-5-11-20(18)26)29-30-25(31)34-16-24(33)28-21-12-6-9-17-7-2-4-10-19(17)21/h2-14H,15-16H2,1H3,(H,27,32)(H,28,33)/b14-13+. The van der Waals surface area contributed by atoms with Crippen molar-refractivity contribution in [3.05, 3.63) is 89.2 Å². The van der Waals surface area contributed by atoms with Gasteiger partial charge in [0, 0.05) is 29.2 Å². The molecule has 0 aliphatic carbocycles. The molecule has 9 heteroatoms. The molecular formula is C25H22ClN5O2S. The highest BCUT2D eigenvalue weighted by Gasteiger charge is 2.13. The summed E-state index contributed by atoms with van der Waals surface area (Å²) in [4.78, 5) is 24.7. The normalized spacial score (nSPS) is 11.1. The van der Waals surface area contributed by atoms with E-state index >= 15 is 0 Å². The Bertz CT molecular complexity index is 1360. The van der Waals surface area contributed by atoms with E-state index in [-0.39, 0.29) is 24.1 Å². The maximum absolute atomic E-state index is 12.5. The van der Waals surface area contributed by atoms with Crippen LogP contribution in [0, 0.1) is 0 Å². The minimum absolute atomic E-state index is 0.135. The summed E-state index contributed by atoms with van der Waals surface area (Å²) >= 11 is 7.37. The molecule has 0 atom stereocenters. The summed E-state index contributed by atoms with van der Waals surface area (Å²) in [6.07, 6.45) is 3.08. The highest BCUT2D eigenvalue weighted by atomic mass is 35.5. The minimum atomic E-state index is -0.272. The topological polar surface area (TPSA) is 88.9 Å². The number of halogens is 1. The van der Waals surface area contributed by atoms with E-state index in [0.717, 1.165) is 22.0 Å². The zero-order chi connectivity index (χ0) is 23.9. The molecule has 0 aliphatic rings. The van der Waals surface area contributed by atoms with Crippen LogP contribution in [0.3, 0.4) is 0 Å². The SMILES string of the molecule is Cn1c(CNC(=O)/C=C/c2ccccc2Cl)nnc1SCC(=O)Nc1cccc2ccccc12. The summed E-state index contributed by atoms with van der Waals surface area (Å²) < 4.78 is 1.76. The lowest BCUT2D eigenvalue weighted by Crippen LogP contribution is -2.22. The summed E-state index contributed by atoms with van der Waals surface area (Å²) in [6.45, 7) is 0.206. The maximum atomic E-state index is 12.5. The first-order chi connectivity index (χ1) is 16.5. The number of anilines is 1. The van der Waals surface area contributed by atoms with Crippen molar-refractivity contribution in [1.82, 2.24) is 20.1 Å². The highest BCUT2D eigenvalue weighted by molar-refractivity contribution is 7.99. The number of carbonyl (C=O) groups is 2. The van der Waals surface area contributed by atoms with E-state index in [0.29, 0.717) is 16.0 Å². The van der Waals surface area contributed by atoms with E-state index < -0.39 is 0 Å². The Kier molecular flexibility index (Phi) is 7.61. The zero-order valence-corrected chi connectivity index (χ0v) is 19.9. The monoisotopic (exact) mass is 491 g/mol. The predicted octanol–water partition coefficient (Wildman–Crippen LogP) is 4.68. The van der Waals surface area contributed by atoms with E-state index in [4.69, 9.17) is 11.6 Å². The number of nitrogens with one attached hydrogen (secondary N) is 2. The number of carbonyl (C=O) groups excluding carboxylic acids is 2. The molecule has 0 radical (unpaired) electrons. The molecule has 0 fully saturated rings. The minimum Gasteiger partial charge on any atom is -0.345 e. The van der Waals surface area contributed by atoms with Crippen molar-refractivity contribution >= 4 is 57.7 Å². The number of hydrogen-bond donors (Lipinski definition) is 2. The van der Waals surface area contributed by atoms with Gasteiger partial charge in [-0.2, -0.15) is 0 Å². The van der Waals surface area contributed by atoms with Gasteiger partial charge in [-0.3, -0.25) is 9.59 Å². The smallest absolute Gasteiger partial charge is 0.244 e. The van der Waals surface area contributed by atoms with Crippen molar-refractivity contribution in [2.75, 3.05) is 11.1 Å². The number of fused-ring (bicyclic) bond motifs is 1. The van der Waals surface area contributed by atoms with E-state index in [2.05, 4.69) is 20.8 Å². The van der Waals surface area contributed by atoms with Gasteiger partial charge in [0.05, 0.1) is 12.3 Å². The Labute approximate surface area is 206 Å². The number of nitrogens with zero attached hydrogens (tertiary/aromatic N) is 3. The fourth-order valence-electron chi connectivity index (χ4n) is 3.28. The molecule has 0 unspecified atom stereocenters. The summed E-state index contributed by atoms with van der Waals surface area (Å²) in [5.41, 5.74) is 1.54. The van der Waals surface area contributed by atoms with Crippen LogP contribution in [-0.2, 0) is 23.2 Å². The Morgan fingerprint density at radius 3 is 2.65 bits per heavy atom. The first kappa shape index (κ1) is 23.5. The van der Waals surface area contributed by atoms with Crippen LogP contribution >= 0.6 is 23.4 Å². The lowest BCUT2D eigenvalue weighted by molar-refractivity contribution is -0.116. The molecule has 2 amide bonds. The van der Waals surface area contributed by atoms with Gasteiger partial charge in [-0.25, -0.2) is 0 Å². The molecule has 0 bridgehead atoms. The zero-order valence-electron chi connectivity index (χ0n) is 18.4. The van der Waals surface area contributed by atoms with Gasteiger partial charge in [-0.05, 0) is 29.2 Å². The Balaban J connectivity index is 1.29. The average Bonchev–Trinajstić information content (AvgIpc) is 3.20. The molecule has 34 heavy (non-hydrogen) atoms. The van der Waals surface area contributed by atoms with Crippen molar-refractivity contribution in [1.29, 1.82) is 0 Å². The number of amides is 2. The molecule has 1 aromatic heterocycles. The fourth-order valence-corrected chi connectivity index (χ4v) is 4.20. The van der Waals surface area contributed by atoms with Crippen LogP contribution in [0.4, 0.5) is 5.69 Å². The summed E-state index contributed by atoms with van der Waals surface area (Å²) in [6, 6.07) is 21.0. The Morgan fingerprint density at radius 2 is 1.79 bits per heavy atom. The molecule has 0 spiro atoms. The van der Waals surface area contributed by atoms with Crippen LogP contribution in [0.5, 0.6) is 0 Å². The van der Waals surface area contributed by atoms with Crippen LogP contribution in [-0.4, -0.2) is 32.3 Å². The third-order valence-corrected chi connectivity index (χ3v) is 6.43. The summed E-state index contributed by atoms with van der Waals surface area (Å²) in [7, 11) is 1.80. The molecule has 1 heterocycles. The number of rotatable bonds is 8. The van der Waals surface area contributed by atoms with Crippen molar-refractivity contribution in [2.24, 2.45) is 7.05 Å². The third kappa shape index (κ3) is 5.84. The van der Waals surface area contributed by atoms with Crippen LogP contribution in [0.15, 0.2) is 78.0 Å². The molecule has 0 aliphatic heterocycles. The van der Waals surface area contributed by atoms with Gasteiger partial charge in [0.15, 0.2) is 11.0 Å². The quantitative estimate of drug-likeness (QED) is 0.276. The van der Waals surface area contributed by atoms with E-state index in [1.54, 1.807) is 23.8 Å². The summed E-state index contributed by atoms with van der Waals surface area (Å²) in [5, 5.41) is 17.2. The highest BCUT2D eigenvalue weighted by Crippen LogP contribution is 2.24. The molecule has 172 valence electrons. The van der Waals surface area contributed by atoms with Crippen LogP contribution in [0.25, 0.3) is 16.8 Å². The average molecular weight is 492 g/mol. The second kappa shape index (κ2) is 11.0. The largest absolute Gasteiger partial charge is 0.345 e. The Hall–Kier alpha value is -3.62. The van der Waals surface area contributed by atoms with Gasteiger partial charge in [-0.15, -0.1) is 10.2 Å². The third-order valence-electron chi connectivity index (χ3n) is 5.06. The van der Waals surface area contributed by atoms with Crippen molar-refractivity contribution in [3.63, 3.8) is 0 Å². The second-order valence-corrected chi connectivity index (χ2v) is 8.74. The molecular weight excluding hydrogens is 470 g/mol. The van der Waals surface area contributed by atoms with Gasteiger partial charge < -0.3 is 15.2 Å².